The molecular formula is C10H14O2S. The van der Waals surface area contributed by atoms with Crippen LogP contribution in [0.2, 0.25) is 0 Å². The maximum absolute atomic E-state index is 9.85. The summed E-state index contributed by atoms with van der Waals surface area (Å²) in [6, 6.07) is 4.10. The summed E-state index contributed by atoms with van der Waals surface area (Å²) in [5.74, 6) is 0.349. The van der Waals surface area contributed by atoms with Gasteiger partial charge in [0, 0.05) is 23.8 Å². The Bertz CT molecular complexity index is 239. The number of hydrogen-bond donors (Lipinski definition) is 1. The molecule has 0 amide bonds. The van der Waals surface area contributed by atoms with E-state index in [2.05, 4.69) is 6.07 Å². The van der Waals surface area contributed by atoms with Gasteiger partial charge in [0.05, 0.1) is 12.7 Å². The molecule has 0 saturated carbocycles. The summed E-state index contributed by atoms with van der Waals surface area (Å²) in [5, 5.41) is 11.9. The number of ether oxygens (including phenoxy) is 1. The van der Waals surface area contributed by atoms with Gasteiger partial charge in [-0.1, -0.05) is 6.07 Å². The van der Waals surface area contributed by atoms with E-state index in [-0.39, 0.29) is 6.10 Å². The monoisotopic (exact) mass is 198 g/mol. The quantitative estimate of drug-likeness (QED) is 0.801. The Morgan fingerprint density at radius 2 is 2.62 bits per heavy atom. The lowest BCUT2D eigenvalue weighted by molar-refractivity contribution is 0.0925. The summed E-state index contributed by atoms with van der Waals surface area (Å²) < 4.78 is 5.24. The van der Waals surface area contributed by atoms with Crippen molar-refractivity contribution in [2.24, 2.45) is 5.92 Å². The fraction of sp³-hybridized carbons (Fsp3) is 0.600. The predicted octanol–water partition coefficient (Wildman–Crippen LogP) is 1.69. The lowest BCUT2D eigenvalue weighted by atomic mass is 9.99. The molecule has 0 bridgehead atoms. The van der Waals surface area contributed by atoms with Gasteiger partial charge in [-0.2, -0.15) is 0 Å². The van der Waals surface area contributed by atoms with Gasteiger partial charge in [-0.05, 0) is 17.9 Å². The van der Waals surface area contributed by atoms with E-state index >= 15 is 0 Å². The van der Waals surface area contributed by atoms with Crippen LogP contribution in [0.4, 0.5) is 0 Å². The normalized spacial score (nSPS) is 24.8. The van der Waals surface area contributed by atoms with Gasteiger partial charge >= 0.3 is 0 Å². The molecule has 2 unspecified atom stereocenters. The van der Waals surface area contributed by atoms with E-state index in [1.54, 1.807) is 11.3 Å². The van der Waals surface area contributed by atoms with E-state index in [1.165, 1.54) is 4.88 Å². The highest BCUT2D eigenvalue weighted by molar-refractivity contribution is 7.09. The zero-order valence-electron chi connectivity index (χ0n) is 7.48. The lowest BCUT2D eigenvalue weighted by Gasteiger charge is -2.14. The van der Waals surface area contributed by atoms with Gasteiger partial charge in [0.15, 0.2) is 0 Å². The third-order valence-corrected chi connectivity index (χ3v) is 3.40. The predicted molar refractivity (Wildman–Crippen MR) is 53.0 cm³/mol. The second kappa shape index (κ2) is 4.22. The Morgan fingerprint density at radius 1 is 1.69 bits per heavy atom. The van der Waals surface area contributed by atoms with Crippen LogP contribution in [0.15, 0.2) is 17.5 Å². The Labute approximate surface area is 82.2 Å². The van der Waals surface area contributed by atoms with E-state index < -0.39 is 0 Å². The first-order valence-electron chi connectivity index (χ1n) is 4.64. The maximum Gasteiger partial charge on any atom is 0.0639 e. The van der Waals surface area contributed by atoms with Crippen LogP contribution >= 0.6 is 11.3 Å². The van der Waals surface area contributed by atoms with E-state index in [0.29, 0.717) is 5.92 Å². The molecule has 1 aliphatic rings. The van der Waals surface area contributed by atoms with Crippen LogP contribution in [-0.4, -0.2) is 24.4 Å². The maximum atomic E-state index is 9.85. The minimum Gasteiger partial charge on any atom is -0.392 e. The zero-order chi connectivity index (χ0) is 9.10. The van der Waals surface area contributed by atoms with Crippen LogP contribution in [0, 0.1) is 5.92 Å². The summed E-state index contributed by atoms with van der Waals surface area (Å²) in [6.45, 7) is 1.54. The summed E-state index contributed by atoms with van der Waals surface area (Å²) in [6.07, 6.45) is 1.57. The molecule has 2 nitrogen and oxygen atoms in total. The SMILES string of the molecule is OC(Cc1cccs1)C1CCOC1. The summed E-state index contributed by atoms with van der Waals surface area (Å²) in [4.78, 5) is 1.26. The van der Waals surface area contributed by atoms with Gasteiger partial charge < -0.3 is 9.84 Å². The summed E-state index contributed by atoms with van der Waals surface area (Å²) in [7, 11) is 0. The first-order chi connectivity index (χ1) is 6.36. The second-order valence-electron chi connectivity index (χ2n) is 3.47. The fourth-order valence-corrected chi connectivity index (χ4v) is 2.41. The average Bonchev–Trinajstić information content (AvgIpc) is 2.74. The van der Waals surface area contributed by atoms with Gasteiger partial charge in [0.25, 0.3) is 0 Å². The van der Waals surface area contributed by atoms with Crippen molar-refractivity contribution < 1.29 is 9.84 Å². The molecule has 1 N–H and O–H groups in total. The Morgan fingerprint density at radius 3 is 3.23 bits per heavy atom. The standard InChI is InChI=1S/C10H14O2S/c11-10(8-3-4-12-7-8)6-9-2-1-5-13-9/h1-2,5,8,10-11H,3-4,6-7H2. The smallest absolute Gasteiger partial charge is 0.0639 e. The first kappa shape index (κ1) is 9.19. The highest BCUT2D eigenvalue weighted by atomic mass is 32.1. The molecule has 2 atom stereocenters. The largest absolute Gasteiger partial charge is 0.392 e. The van der Waals surface area contributed by atoms with Crippen molar-refractivity contribution >= 4 is 11.3 Å². The molecule has 1 fully saturated rings. The topological polar surface area (TPSA) is 29.5 Å². The van der Waals surface area contributed by atoms with Gasteiger partial charge in [0.1, 0.15) is 0 Å². The van der Waals surface area contributed by atoms with E-state index in [4.69, 9.17) is 4.74 Å². The molecule has 1 aromatic heterocycles. The average molecular weight is 198 g/mol. The number of aliphatic hydroxyl groups is 1. The van der Waals surface area contributed by atoms with Crippen molar-refractivity contribution in [3.8, 4) is 0 Å². The Balaban J connectivity index is 1.87. The van der Waals surface area contributed by atoms with Gasteiger partial charge in [-0.15, -0.1) is 11.3 Å². The lowest BCUT2D eigenvalue weighted by Crippen LogP contribution is -2.22. The number of aliphatic hydroxyl groups excluding tert-OH is 1. The van der Waals surface area contributed by atoms with Crippen LogP contribution in [-0.2, 0) is 11.2 Å². The molecule has 0 spiro atoms. The number of thiophene rings is 1. The van der Waals surface area contributed by atoms with Crippen molar-refractivity contribution in [2.75, 3.05) is 13.2 Å². The first-order valence-corrected chi connectivity index (χ1v) is 5.52. The molecule has 0 aromatic carbocycles. The third-order valence-electron chi connectivity index (χ3n) is 2.50. The molecule has 1 saturated heterocycles. The van der Waals surface area contributed by atoms with Crippen molar-refractivity contribution in [2.45, 2.75) is 18.9 Å². The van der Waals surface area contributed by atoms with Crippen molar-refractivity contribution in [1.82, 2.24) is 0 Å². The van der Waals surface area contributed by atoms with E-state index in [0.717, 1.165) is 26.1 Å². The fourth-order valence-electron chi connectivity index (χ4n) is 1.66. The van der Waals surface area contributed by atoms with Crippen molar-refractivity contribution in [3.05, 3.63) is 22.4 Å². The molecule has 2 heterocycles. The molecule has 3 heteroatoms. The molecule has 1 aromatic rings. The van der Waals surface area contributed by atoms with Crippen LogP contribution in [0.3, 0.4) is 0 Å². The summed E-state index contributed by atoms with van der Waals surface area (Å²) >= 11 is 1.71. The van der Waals surface area contributed by atoms with E-state index in [1.807, 2.05) is 11.4 Å². The van der Waals surface area contributed by atoms with Crippen molar-refractivity contribution in [3.63, 3.8) is 0 Å². The molecular weight excluding hydrogens is 184 g/mol. The van der Waals surface area contributed by atoms with Gasteiger partial charge in [-0.3, -0.25) is 0 Å². The van der Waals surface area contributed by atoms with E-state index in [9.17, 15) is 5.11 Å². The van der Waals surface area contributed by atoms with Gasteiger partial charge in [-0.25, -0.2) is 0 Å². The molecule has 13 heavy (non-hydrogen) atoms. The number of rotatable bonds is 3. The third kappa shape index (κ3) is 2.30. The highest BCUT2D eigenvalue weighted by Gasteiger charge is 2.24. The second-order valence-corrected chi connectivity index (χ2v) is 4.51. The Hall–Kier alpha value is -0.380. The molecule has 72 valence electrons. The van der Waals surface area contributed by atoms with Crippen LogP contribution in [0.1, 0.15) is 11.3 Å². The minimum atomic E-state index is -0.221. The minimum absolute atomic E-state index is 0.221. The van der Waals surface area contributed by atoms with Crippen LogP contribution in [0.25, 0.3) is 0 Å². The van der Waals surface area contributed by atoms with Crippen LogP contribution in [0.5, 0.6) is 0 Å². The Kier molecular flexibility index (Phi) is 2.98. The highest BCUT2D eigenvalue weighted by Crippen LogP contribution is 2.21. The van der Waals surface area contributed by atoms with Gasteiger partial charge in [0.2, 0.25) is 0 Å². The molecule has 1 aliphatic heterocycles. The van der Waals surface area contributed by atoms with Crippen molar-refractivity contribution in [1.29, 1.82) is 0 Å². The zero-order valence-corrected chi connectivity index (χ0v) is 8.30. The molecule has 0 radical (unpaired) electrons. The van der Waals surface area contributed by atoms with Crippen LogP contribution < -0.4 is 0 Å². The molecule has 2 rings (SSSR count). The number of hydrogen-bond acceptors (Lipinski definition) is 3. The summed E-state index contributed by atoms with van der Waals surface area (Å²) in [5.41, 5.74) is 0. The molecule has 0 aliphatic carbocycles.